The first-order valence-corrected chi connectivity index (χ1v) is 7.53. The van der Waals surface area contributed by atoms with Crippen LogP contribution in [-0.2, 0) is 0 Å². The van der Waals surface area contributed by atoms with Crippen molar-refractivity contribution in [2.24, 2.45) is 17.6 Å². The molecule has 0 radical (unpaired) electrons. The first kappa shape index (κ1) is 14.5. The summed E-state index contributed by atoms with van der Waals surface area (Å²) < 4.78 is 0. The molecule has 2 nitrogen and oxygen atoms in total. The topological polar surface area (TPSA) is 29.3 Å². The summed E-state index contributed by atoms with van der Waals surface area (Å²) in [6.45, 7) is 12.2. The highest BCUT2D eigenvalue weighted by molar-refractivity contribution is 5.36. The van der Waals surface area contributed by atoms with E-state index in [-0.39, 0.29) is 0 Å². The lowest BCUT2D eigenvalue weighted by molar-refractivity contribution is 0.0978. The van der Waals surface area contributed by atoms with Crippen molar-refractivity contribution in [3.8, 4) is 0 Å². The number of likely N-dealkylation sites (tertiary alicyclic amines) is 1. The van der Waals surface area contributed by atoms with E-state index in [2.05, 4.69) is 50.8 Å². The van der Waals surface area contributed by atoms with Gasteiger partial charge in [0.05, 0.1) is 0 Å². The molecule has 1 heterocycles. The van der Waals surface area contributed by atoms with E-state index in [1.807, 2.05) is 0 Å². The van der Waals surface area contributed by atoms with E-state index < -0.39 is 0 Å². The number of nitrogens with zero attached hydrogens (tertiary/aromatic N) is 1. The molecule has 1 aromatic carbocycles. The second kappa shape index (κ2) is 6.06. The highest BCUT2D eigenvalue weighted by Gasteiger charge is 2.28. The summed E-state index contributed by atoms with van der Waals surface area (Å²) in [6, 6.07) is 6.94. The third kappa shape index (κ3) is 3.18. The molecule has 0 amide bonds. The Bertz CT molecular complexity index is 397. The van der Waals surface area contributed by atoms with E-state index in [1.54, 1.807) is 0 Å². The monoisotopic (exact) mass is 260 g/mol. The summed E-state index contributed by atoms with van der Waals surface area (Å²) in [5.41, 5.74) is 10.3. The molecule has 1 fully saturated rings. The lowest BCUT2D eigenvalue weighted by Gasteiger charge is -2.41. The van der Waals surface area contributed by atoms with Crippen molar-refractivity contribution in [1.29, 1.82) is 0 Å². The highest BCUT2D eigenvalue weighted by atomic mass is 15.2. The van der Waals surface area contributed by atoms with Gasteiger partial charge in [-0.25, -0.2) is 0 Å². The average molecular weight is 260 g/mol. The number of aryl methyl sites for hydroxylation is 2. The van der Waals surface area contributed by atoms with Gasteiger partial charge in [-0.3, -0.25) is 4.90 Å². The van der Waals surface area contributed by atoms with Crippen LogP contribution in [0, 0.1) is 25.7 Å². The Labute approximate surface area is 118 Å². The van der Waals surface area contributed by atoms with Gasteiger partial charge in [0.2, 0.25) is 0 Å². The van der Waals surface area contributed by atoms with Crippen molar-refractivity contribution in [3.05, 3.63) is 34.9 Å². The molecule has 0 aliphatic carbocycles. The standard InChI is InChI=1S/C17H28N2/c1-12-8-13(2)11-19(10-12)16(9-18)17-14(3)6-5-7-15(17)4/h5-7,12-13,16H,8-11,18H2,1-4H3. The first-order chi connectivity index (χ1) is 9.02. The van der Waals surface area contributed by atoms with Gasteiger partial charge in [-0.2, -0.15) is 0 Å². The van der Waals surface area contributed by atoms with Gasteiger partial charge in [-0.1, -0.05) is 32.0 Å². The van der Waals surface area contributed by atoms with E-state index in [1.165, 1.54) is 36.2 Å². The third-order valence-electron chi connectivity index (χ3n) is 4.44. The molecular formula is C17H28N2. The Morgan fingerprint density at radius 1 is 1.16 bits per heavy atom. The fourth-order valence-electron chi connectivity index (χ4n) is 3.77. The van der Waals surface area contributed by atoms with E-state index >= 15 is 0 Å². The minimum atomic E-state index is 0.381. The predicted octanol–water partition coefficient (Wildman–Crippen LogP) is 3.28. The van der Waals surface area contributed by atoms with Gasteiger partial charge >= 0.3 is 0 Å². The number of hydrogen-bond donors (Lipinski definition) is 1. The van der Waals surface area contributed by atoms with Crippen LogP contribution in [0.15, 0.2) is 18.2 Å². The highest BCUT2D eigenvalue weighted by Crippen LogP contribution is 2.31. The van der Waals surface area contributed by atoms with Gasteiger partial charge in [0.15, 0.2) is 0 Å². The van der Waals surface area contributed by atoms with Crippen molar-refractivity contribution in [2.75, 3.05) is 19.6 Å². The van der Waals surface area contributed by atoms with Crippen LogP contribution in [0.4, 0.5) is 0 Å². The first-order valence-electron chi connectivity index (χ1n) is 7.53. The molecule has 1 aliphatic rings. The number of benzene rings is 1. The van der Waals surface area contributed by atoms with Crippen LogP contribution in [-0.4, -0.2) is 24.5 Å². The summed E-state index contributed by atoms with van der Waals surface area (Å²) in [7, 11) is 0. The number of rotatable bonds is 3. The average Bonchev–Trinajstić information content (AvgIpc) is 2.32. The van der Waals surface area contributed by atoms with E-state index in [4.69, 9.17) is 5.73 Å². The minimum Gasteiger partial charge on any atom is -0.329 e. The molecule has 0 aromatic heterocycles. The zero-order valence-electron chi connectivity index (χ0n) is 12.8. The van der Waals surface area contributed by atoms with E-state index in [0.29, 0.717) is 12.6 Å². The summed E-state index contributed by atoms with van der Waals surface area (Å²) in [5.74, 6) is 1.56. The van der Waals surface area contributed by atoms with Gasteiger partial charge in [-0.05, 0) is 48.8 Å². The van der Waals surface area contributed by atoms with Crippen molar-refractivity contribution in [3.63, 3.8) is 0 Å². The van der Waals surface area contributed by atoms with Crippen LogP contribution in [0.25, 0.3) is 0 Å². The SMILES string of the molecule is Cc1cccc(C)c1C(CN)N1CC(C)CC(C)C1. The lowest BCUT2D eigenvalue weighted by atomic mass is 9.88. The fourth-order valence-corrected chi connectivity index (χ4v) is 3.77. The van der Waals surface area contributed by atoms with Gasteiger partial charge < -0.3 is 5.73 Å². The number of nitrogens with two attached hydrogens (primary N) is 1. The van der Waals surface area contributed by atoms with Crippen LogP contribution in [0.1, 0.15) is 43.0 Å². The molecule has 0 spiro atoms. The van der Waals surface area contributed by atoms with E-state index in [9.17, 15) is 0 Å². The summed E-state index contributed by atoms with van der Waals surface area (Å²) in [5, 5.41) is 0. The maximum atomic E-state index is 6.12. The van der Waals surface area contributed by atoms with Crippen molar-refractivity contribution < 1.29 is 0 Å². The zero-order chi connectivity index (χ0) is 14.0. The molecule has 2 N–H and O–H groups in total. The molecule has 19 heavy (non-hydrogen) atoms. The Hall–Kier alpha value is -0.860. The summed E-state index contributed by atoms with van der Waals surface area (Å²) in [4.78, 5) is 2.61. The second-order valence-electron chi connectivity index (χ2n) is 6.46. The molecule has 2 rings (SSSR count). The summed E-state index contributed by atoms with van der Waals surface area (Å²) in [6.07, 6.45) is 1.35. The third-order valence-corrected chi connectivity index (χ3v) is 4.44. The van der Waals surface area contributed by atoms with Gasteiger partial charge in [0, 0.05) is 25.7 Å². The van der Waals surface area contributed by atoms with Crippen LogP contribution < -0.4 is 5.73 Å². The molecule has 2 heteroatoms. The Morgan fingerprint density at radius 2 is 1.68 bits per heavy atom. The van der Waals surface area contributed by atoms with Gasteiger partial charge in [-0.15, -0.1) is 0 Å². The molecule has 3 unspecified atom stereocenters. The van der Waals surface area contributed by atoms with Crippen molar-refractivity contribution >= 4 is 0 Å². The maximum Gasteiger partial charge on any atom is 0.0475 e. The van der Waals surface area contributed by atoms with Crippen molar-refractivity contribution in [2.45, 2.75) is 40.2 Å². The molecule has 0 saturated carbocycles. The Kier molecular flexibility index (Phi) is 4.64. The minimum absolute atomic E-state index is 0.381. The van der Waals surface area contributed by atoms with Crippen LogP contribution >= 0.6 is 0 Å². The van der Waals surface area contributed by atoms with Crippen LogP contribution in [0.5, 0.6) is 0 Å². The van der Waals surface area contributed by atoms with Gasteiger partial charge in [0.25, 0.3) is 0 Å². The zero-order valence-corrected chi connectivity index (χ0v) is 12.8. The largest absolute Gasteiger partial charge is 0.329 e. The molecule has 1 aliphatic heterocycles. The molecule has 1 saturated heterocycles. The number of piperidine rings is 1. The van der Waals surface area contributed by atoms with Crippen LogP contribution in [0.3, 0.4) is 0 Å². The summed E-state index contributed by atoms with van der Waals surface area (Å²) >= 11 is 0. The number of hydrogen-bond acceptors (Lipinski definition) is 2. The van der Waals surface area contributed by atoms with Gasteiger partial charge in [0.1, 0.15) is 0 Å². The Morgan fingerprint density at radius 3 is 2.16 bits per heavy atom. The normalized spacial score (nSPS) is 26.4. The molecule has 0 bridgehead atoms. The van der Waals surface area contributed by atoms with Crippen molar-refractivity contribution in [1.82, 2.24) is 4.90 Å². The quantitative estimate of drug-likeness (QED) is 0.903. The lowest BCUT2D eigenvalue weighted by Crippen LogP contribution is -2.43. The van der Waals surface area contributed by atoms with Crippen LogP contribution in [0.2, 0.25) is 0 Å². The Balaban J connectivity index is 2.29. The smallest absolute Gasteiger partial charge is 0.0475 e. The molecule has 3 atom stereocenters. The molecule has 106 valence electrons. The molecule has 1 aromatic rings. The van der Waals surface area contributed by atoms with E-state index in [0.717, 1.165) is 11.8 Å². The molecular weight excluding hydrogens is 232 g/mol. The maximum absolute atomic E-state index is 6.12. The predicted molar refractivity (Wildman–Crippen MR) is 82.2 cm³/mol. The second-order valence-corrected chi connectivity index (χ2v) is 6.46. The fraction of sp³-hybridized carbons (Fsp3) is 0.647.